The van der Waals surface area contributed by atoms with Gasteiger partial charge in [0.15, 0.2) is 0 Å². The molecule has 1 N–H and O–H groups in total. The fourth-order valence-corrected chi connectivity index (χ4v) is 2.77. The van der Waals surface area contributed by atoms with E-state index in [0.29, 0.717) is 24.5 Å². The van der Waals surface area contributed by atoms with Crippen LogP contribution in [0.15, 0.2) is 29.2 Å². The van der Waals surface area contributed by atoms with Crippen molar-refractivity contribution in [1.29, 1.82) is 0 Å². The van der Waals surface area contributed by atoms with Gasteiger partial charge in [-0.1, -0.05) is 12.1 Å². The van der Waals surface area contributed by atoms with Crippen molar-refractivity contribution >= 4 is 23.6 Å². The van der Waals surface area contributed by atoms with E-state index in [0.717, 1.165) is 11.3 Å². The van der Waals surface area contributed by atoms with Gasteiger partial charge in [-0.15, -0.1) is 11.8 Å². The Balaban J connectivity index is 2.51. The standard InChI is InChI=1S/C17H26N2O3S/c1-13(2)22-11-7-10-18-17(21)14-8-5-6-9-15(14)23-12-16(20)19(3)4/h5-6,8-9,13H,7,10-12H2,1-4H3,(H,18,21). The van der Waals surface area contributed by atoms with E-state index in [1.54, 1.807) is 25.1 Å². The minimum Gasteiger partial charge on any atom is -0.379 e. The zero-order valence-electron chi connectivity index (χ0n) is 14.3. The lowest BCUT2D eigenvalue weighted by Crippen LogP contribution is -2.26. The number of carbonyl (C=O) groups excluding carboxylic acids is 2. The Morgan fingerprint density at radius 3 is 2.61 bits per heavy atom. The average molecular weight is 338 g/mol. The molecule has 0 saturated heterocycles. The zero-order chi connectivity index (χ0) is 17.2. The quantitative estimate of drug-likeness (QED) is 0.555. The number of nitrogens with zero attached hydrogens (tertiary/aromatic N) is 1. The Bertz CT molecular complexity index is 518. The minimum atomic E-state index is -0.116. The third kappa shape index (κ3) is 7.52. The molecule has 23 heavy (non-hydrogen) atoms. The summed E-state index contributed by atoms with van der Waals surface area (Å²) in [5.74, 6) is 0.227. The van der Waals surface area contributed by atoms with Crippen LogP contribution in [0, 0.1) is 0 Å². The van der Waals surface area contributed by atoms with E-state index >= 15 is 0 Å². The third-order valence-corrected chi connectivity index (χ3v) is 4.10. The Kier molecular flexibility index (Phi) is 8.73. The predicted octanol–water partition coefficient (Wildman–Crippen LogP) is 2.41. The third-order valence-electron chi connectivity index (χ3n) is 3.04. The van der Waals surface area contributed by atoms with Crippen molar-refractivity contribution in [2.75, 3.05) is 33.0 Å². The van der Waals surface area contributed by atoms with E-state index in [1.165, 1.54) is 11.8 Å². The Labute approximate surface area is 142 Å². The van der Waals surface area contributed by atoms with Crippen LogP contribution in [0.25, 0.3) is 0 Å². The minimum absolute atomic E-state index is 0.0241. The number of carbonyl (C=O) groups is 2. The van der Waals surface area contributed by atoms with Gasteiger partial charge >= 0.3 is 0 Å². The molecule has 1 aromatic rings. The van der Waals surface area contributed by atoms with Crippen LogP contribution in [0.2, 0.25) is 0 Å². The van der Waals surface area contributed by atoms with Crippen LogP contribution in [0.1, 0.15) is 30.6 Å². The van der Waals surface area contributed by atoms with Crippen LogP contribution in [0.4, 0.5) is 0 Å². The topological polar surface area (TPSA) is 58.6 Å². The maximum atomic E-state index is 12.3. The largest absolute Gasteiger partial charge is 0.379 e. The lowest BCUT2D eigenvalue weighted by atomic mass is 10.2. The van der Waals surface area contributed by atoms with E-state index in [2.05, 4.69) is 5.32 Å². The van der Waals surface area contributed by atoms with E-state index < -0.39 is 0 Å². The molecular weight excluding hydrogens is 312 g/mol. The van der Waals surface area contributed by atoms with E-state index in [4.69, 9.17) is 4.74 Å². The van der Waals surface area contributed by atoms with Gasteiger partial charge in [0.25, 0.3) is 5.91 Å². The number of amides is 2. The Morgan fingerprint density at radius 2 is 1.96 bits per heavy atom. The van der Waals surface area contributed by atoms with Crippen LogP contribution in [-0.4, -0.2) is 55.8 Å². The second kappa shape index (κ2) is 10.3. The zero-order valence-corrected chi connectivity index (χ0v) is 15.1. The first kappa shape index (κ1) is 19.5. The molecule has 0 aromatic heterocycles. The molecule has 0 saturated carbocycles. The van der Waals surface area contributed by atoms with Crippen molar-refractivity contribution in [1.82, 2.24) is 10.2 Å². The summed E-state index contributed by atoms with van der Waals surface area (Å²) in [5, 5.41) is 2.90. The molecule has 0 atom stereocenters. The maximum absolute atomic E-state index is 12.3. The van der Waals surface area contributed by atoms with Gasteiger partial charge in [-0.05, 0) is 32.4 Å². The Morgan fingerprint density at radius 1 is 1.26 bits per heavy atom. The van der Waals surface area contributed by atoms with Gasteiger partial charge in [-0.2, -0.15) is 0 Å². The monoisotopic (exact) mass is 338 g/mol. The van der Waals surface area contributed by atoms with E-state index in [9.17, 15) is 9.59 Å². The van der Waals surface area contributed by atoms with Crippen molar-refractivity contribution in [3.63, 3.8) is 0 Å². The molecule has 0 heterocycles. The first-order chi connectivity index (χ1) is 10.9. The summed E-state index contributed by atoms with van der Waals surface area (Å²) in [6, 6.07) is 7.34. The molecule has 0 fully saturated rings. The second-order valence-electron chi connectivity index (χ2n) is 5.60. The van der Waals surface area contributed by atoms with E-state index in [1.807, 2.05) is 32.0 Å². The molecule has 128 valence electrons. The number of hydrogen-bond acceptors (Lipinski definition) is 4. The summed E-state index contributed by atoms with van der Waals surface area (Å²) in [7, 11) is 3.45. The van der Waals surface area contributed by atoms with Crippen LogP contribution in [0.5, 0.6) is 0 Å². The highest BCUT2D eigenvalue weighted by molar-refractivity contribution is 8.00. The summed E-state index contributed by atoms with van der Waals surface area (Å²) in [6.07, 6.45) is 0.982. The number of hydrogen-bond donors (Lipinski definition) is 1. The molecule has 6 heteroatoms. The number of rotatable bonds is 9. The summed E-state index contributed by atoms with van der Waals surface area (Å²) >= 11 is 1.38. The molecule has 0 unspecified atom stereocenters. The number of ether oxygens (including phenoxy) is 1. The number of benzene rings is 1. The first-order valence-electron chi connectivity index (χ1n) is 7.73. The normalized spacial score (nSPS) is 10.7. The molecule has 0 spiro atoms. The smallest absolute Gasteiger partial charge is 0.252 e. The van der Waals surface area contributed by atoms with Gasteiger partial charge in [0.05, 0.1) is 17.4 Å². The molecular formula is C17H26N2O3S. The fraction of sp³-hybridized carbons (Fsp3) is 0.529. The molecule has 2 amide bonds. The highest BCUT2D eigenvalue weighted by Crippen LogP contribution is 2.22. The molecule has 0 aliphatic carbocycles. The highest BCUT2D eigenvalue weighted by Gasteiger charge is 2.13. The number of nitrogens with one attached hydrogen (secondary N) is 1. The van der Waals surface area contributed by atoms with Gasteiger partial charge in [0.2, 0.25) is 5.91 Å². The van der Waals surface area contributed by atoms with Crippen molar-refractivity contribution < 1.29 is 14.3 Å². The molecule has 1 rings (SSSR count). The summed E-state index contributed by atoms with van der Waals surface area (Å²) < 4.78 is 5.44. The maximum Gasteiger partial charge on any atom is 0.252 e. The first-order valence-corrected chi connectivity index (χ1v) is 8.72. The summed E-state index contributed by atoms with van der Waals surface area (Å²) in [5.41, 5.74) is 0.605. The van der Waals surface area contributed by atoms with Crippen LogP contribution in [0.3, 0.4) is 0 Å². The lowest BCUT2D eigenvalue weighted by Gasteiger charge is -2.12. The van der Waals surface area contributed by atoms with Crippen LogP contribution in [-0.2, 0) is 9.53 Å². The summed E-state index contributed by atoms with van der Waals surface area (Å²) in [4.78, 5) is 26.3. The van der Waals surface area contributed by atoms with Crippen molar-refractivity contribution in [2.24, 2.45) is 0 Å². The second-order valence-corrected chi connectivity index (χ2v) is 6.62. The molecule has 0 radical (unpaired) electrons. The van der Waals surface area contributed by atoms with Gasteiger partial charge in [-0.3, -0.25) is 9.59 Å². The molecule has 1 aromatic carbocycles. The highest BCUT2D eigenvalue weighted by atomic mass is 32.2. The van der Waals surface area contributed by atoms with Gasteiger partial charge < -0.3 is 15.0 Å². The Hall–Kier alpha value is -1.53. The van der Waals surface area contributed by atoms with Crippen LogP contribution >= 0.6 is 11.8 Å². The molecule has 5 nitrogen and oxygen atoms in total. The van der Waals surface area contributed by atoms with Crippen molar-refractivity contribution in [3.05, 3.63) is 29.8 Å². The predicted molar refractivity (Wildman–Crippen MR) is 93.9 cm³/mol. The molecule has 0 aliphatic rings. The SMILES string of the molecule is CC(C)OCCCNC(=O)c1ccccc1SCC(=O)N(C)C. The summed E-state index contributed by atoms with van der Waals surface area (Å²) in [6.45, 7) is 5.18. The van der Waals surface area contributed by atoms with Gasteiger partial charge in [-0.25, -0.2) is 0 Å². The van der Waals surface area contributed by atoms with Crippen molar-refractivity contribution in [2.45, 2.75) is 31.3 Å². The van der Waals surface area contributed by atoms with Crippen molar-refractivity contribution in [3.8, 4) is 0 Å². The van der Waals surface area contributed by atoms with Gasteiger partial charge in [0.1, 0.15) is 0 Å². The van der Waals surface area contributed by atoms with Gasteiger partial charge in [0, 0.05) is 32.1 Å². The number of thioether (sulfide) groups is 1. The lowest BCUT2D eigenvalue weighted by molar-refractivity contribution is -0.125. The molecule has 0 bridgehead atoms. The average Bonchev–Trinajstić information content (AvgIpc) is 2.51. The molecule has 0 aliphatic heterocycles. The van der Waals surface area contributed by atoms with Crippen LogP contribution < -0.4 is 5.32 Å². The fourth-order valence-electron chi connectivity index (χ4n) is 1.74. The van der Waals surface area contributed by atoms with E-state index in [-0.39, 0.29) is 17.9 Å².